The maximum Gasteiger partial charge on any atom is 0.0638 e. The first kappa shape index (κ1) is 12.6. The summed E-state index contributed by atoms with van der Waals surface area (Å²) in [6.07, 6.45) is 5.87. The highest BCUT2D eigenvalue weighted by molar-refractivity contribution is 5.15. The number of rotatable bonds is 8. The Labute approximate surface area is 103 Å². The molecule has 1 aliphatic carbocycles. The Kier molecular flexibility index (Phi) is 4.57. The van der Waals surface area contributed by atoms with Gasteiger partial charge in [-0.05, 0) is 33.1 Å². The zero-order chi connectivity index (χ0) is 12.1. The number of hydrogen-bond donors (Lipinski definition) is 1. The molecule has 4 heteroatoms. The van der Waals surface area contributed by atoms with Crippen LogP contribution in [0.15, 0.2) is 6.20 Å². The molecule has 4 nitrogen and oxygen atoms in total. The van der Waals surface area contributed by atoms with E-state index in [4.69, 9.17) is 4.74 Å². The van der Waals surface area contributed by atoms with Crippen LogP contribution in [0.25, 0.3) is 0 Å². The smallest absolute Gasteiger partial charge is 0.0638 e. The second-order valence-corrected chi connectivity index (χ2v) is 4.71. The second kappa shape index (κ2) is 6.17. The molecule has 0 amide bonds. The van der Waals surface area contributed by atoms with Gasteiger partial charge in [0.1, 0.15) is 0 Å². The summed E-state index contributed by atoms with van der Waals surface area (Å²) in [4.78, 5) is 0. The minimum atomic E-state index is 0.760. The summed E-state index contributed by atoms with van der Waals surface area (Å²) >= 11 is 0. The minimum absolute atomic E-state index is 0.760. The van der Waals surface area contributed by atoms with Crippen molar-refractivity contribution in [2.75, 3.05) is 13.2 Å². The first-order valence-electron chi connectivity index (χ1n) is 6.63. The van der Waals surface area contributed by atoms with E-state index < -0.39 is 0 Å². The van der Waals surface area contributed by atoms with E-state index in [-0.39, 0.29) is 0 Å². The lowest BCUT2D eigenvalue weighted by molar-refractivity contribution is 0.141. The third-order valence-electron chi connectivity index (χ3n) is 3.09. The van der Waals surface area contributed by atoms with Gasteiger partial charge < -0.3 is 10.1 Å². The minimum Gasteiger partial charge on any atom is -0.382 e. The van der Waals surface area contributed by atoms with Gasteiger partial charge in [0.25, 0.3) is 0 Å². The van der Waals surface area contributed by atoms with E-state index in [1.165, 1.54) is 18.4 Å². The molecule has 1 aromatic heterocycles. The fourth-order valence-electron chi connectivity index (χ4n) is 1.86. The van der Waals surface area contributed by atoms with Crippen LogP contribution >= 0.6 is 0 Å². The van der Waals surface area contributed by atoms with Crippen molar-refractivity contribution >= 4 is 0 Å². The summed E-state index contributed by atoms with van der Waals surface area (Å²) in [5.74, 6) is 0. The van der Waals surface area contributed by atoms with E-state index in [0.717, 1.165) is 44.5 Å². The predicted octanol–water partition coefficient (Wildman–Crippen LogP) is 1.87. The van der Waals surface area contributed by atoms with Crippen LogP contribution in [0.2, 0.25) is 0 Å². The van der Waals surface area contributed by atoms with Gasteiger partial charge in [0.05, 0.1) is 5.69 Å². The lowest BCUT2D eigenvalue weighted by Gasteiger charge is -2.01. The van der Waals surface area contributed by atoms with E-state index in [0.29, 0.717) is 0 Å². The van der Waals surface area contributed by atoms with Crippen molar-refractivity contribution in [2.24, 2.45) is 0 Å². The SMILES string of the molecule is CCOCCCn1cc(CNC2CC2)c(C)n1. The quantitative estimate of drug-likeness (QED) is 0.702. The molecule has 0 spiro atoms. The molecule has 0 saturated heterocycles. The Balaban J connectivity index is 1.75. The van der Waals surface area contributed by atoms with Crippen LogP contribution in [0.4, 0.5) is 0 Å². The van der Waals surface area contributed by atoms with Crippen LogP contribution in [0.5, 0.6) is 0 Å². The highest BCUT2D eigenvalue weighted by atomic mass is 16.5. The monoisotopic (exact) mass is 237 g/mol. The van der Waals surface area contributed by atoms with E-state index in [1.807, 2.05) is 11.6 Å². The van der Waals surface area contributed by atoms with Gasteiger partial charge in [-0.3, -0.25) is 4.68 Å². The summed E-state index contributed by atoms with van der Waals surface area (Å²) in [5.41, 5.74) is 2.47. The van der Waals surface area contributed by atoms with Crippen molar-refractivity contribution in [3.8, 4) is 0 Å². The first-order valence-corrected chi connectivity index (χ1v) is 6.63. The highest BCUT2D eigenvalue weighted by Crippen LogP contribution is 2.19. The molecule has 96 valence electrons. The third kappa shape index (κ3) is 4.13. The predicted molar refractivity (Wildman–Crippen MR) is 67.9 cm³/mol. The topological polar surface area (TPSA) is 39.1 Å². The van der Waals surface area contributed by atoms with Crippen molar-refractivity contribution in [3.05, 3.63) is 17.5 Å². The van der Waals surface area contributed by atoms with Crippen LogP contribution in [0, 0.1) is 6.92 Å². The van der Waals surface area contributed by atoms with Crippen molar-refractivity contribution in [2.45, 2.75) is 52.2 Å². The van der Waals surface area contributed by atoms with Gasteiger partial charge in [0.15, 0.2) is 0 Å². The molecule has 2 rings (SSSR count). The zero-order valence-electron chi connectivity index (χ0n) is 10.9. The van der Waals surface area contributed by atoms with Crippen molar-refractivity contribution < 1.29 is 4.74 Å². The van der Waals surface area contributed by atoms with E-state index in [9.17, 15) is 0 Å². The van der Waals surface area contributed by atoms with Crippen molar-refractivity contribution in [1.82, 2.24) is 15.1 Å². The Morgan fingerprint density at radius 1 is 1.53 bits per heavy atom. The standard InChI is InChI=1S/C13H23N3O/c1-3-17-8-4-7-16-10-12(11(2)15-16)9-14-13-5-6-13/h10,13-14H,3-9H2,1-2H3. The molecular weight excluding hydrogens is 214 g/mol. The van der Waals surface area contributed by atoms with E-state index in [2.05, 4.69) is 23.5 Å². The summed E-state index contributed by atoms with van der Waals surface area (Å²) in [6.45, 7) is 7.65. The number of nitrogens with zero attached hydrogens (tertiary/aromatic N) is 2. The van der Waals surface area contributed by atoms with Gasteiger partial charge in [0.2, 0.25) is 0 Å². The van der Waals surface area contributed by atoms with Crippen LogP contribution in [-0.4, -0.2) is 29.0 Å². The number of hydrogen-bond acceptors (Lipinski definition) is 3. The molecule has 0 aliphatic heterocycles. The highest BCUT2D eigenvalue weighted by Gasteiger charge is 2.20. The van der Waals surface area contributed by atoms with E-state index in [1.54, 1.807) is 0 Å². The molecule has 1 heterocycles. The van der Waals surface area contributed by atoms with Crippen molar-refractivity contribution in [3.63, 3.8) is 0 Å². The second-order valence-electron chi connectivity index (χ2n) is 4.71. The van der Waals surface area contributed by atoms with Crippen LogP contribution in [-0.2, 0) is 17.8 Å². The van der Waals surface area contributed by atoms with Crippen LogP contribution in [0.3, 0.4) is 0 Å². The summed E-state index contributed by atoms with van der Waals surface area (Å²) < 4.78 is 7.37. The summed E-state index contributed by atoms with van der Waals surface area (Å²) in [7, 11) is 0. The number of aromatic nitrogens is 2. The molecule has 0 bridgehead atoms. The molecule has 1 N–H and O–H groups in total. The molecule has 0 unspecified atom stereocenters. The van der Waals surface area contributed by atoms with Gasteiger partial charge in [-0.25, -0.2) is 0 Å². The maximum atomic E-state index is 5.33. The molecule has 0 radical (unpaired) electrons. The maximum absolute atomic E-state index is 5.33. The Hall–Kier alpha value is -0.870. The van der Waals surface area contributed by atoms with Crippen LogP contribution < -0.4 is 5.32 Å². The molecule has 1 aliphatic rings. The van der Waals surface area contributed by atoms with Gasteiger partial charge in [-0.1, -0.05) is 0 Å². The van der Waals surface area contributed by atoms with Crippen molar-refractivity contribution in [1.29, 1.82) is 0 Å². The number of aryl methyl sites for hydroxylation is 2. The normalized spacial score (nSPS) is 15.4. The average molecular weight is 237 g/mol. The summed E-state index contributed by atoms with van der Waals surface area (Å²) in [6, 6.07) is 0.760. The fourth-order valence-corrected chi connectivity index (χ4v) is 1.86. The van der Waals surface area contributed by atoms with Crippen LogP contribution in [0.1, 0.15) is 37.4 Å². The molecule has 0 aromatic carbocycles. The van der Waals surface area contributed by atoms with Gasteiger partial charge in [0, 0.05) is 44.1 Å². The number of ether oxygens (including phenoxy) is 1. The molecule has 1 aromatic rings. The Bertz CT molecular complexity index is 344. The van der Waals surface area contributed by atoms with Gasteiger partial charge in [-0.2, -0.15) is 5.10 Å². The lowest BCUT2D eigenvalue weighted by Crippen LogP contribution is -2.15. The Morgan fingerprint density at radius 2 is 2.35 bits per heavy atom. The van der Waals surface area contributed by atoms with Gasteiger partial charge >= 0.3 is 0 Å². The lowest BCUT2D eigenvalue weighted by atomic mass is 10.2. The van der Waals surface area contributed by atoms with Gasteiger partial charge in [-0.15, -0.1) is 0 Å². The Morgan fingerprint density at radius 3 is 3.06 bits per heavy atom. The fraction of sp³-hybridized carbons (Fsp3) is 0.769. The molecular formula is C13H23N3O. The summed E-state index contributed by atoms with van der Waals surface area (Å²) in [5, 5.41) is 8.05. The third-order valence-corrected chi connectivity index (χ3v) is 3.09. The number of nitrogens with one attached hydrogen (secondary N) is 1. The van der Waals surface area contributed by atoms with E-state index >= 15 is 0 Å². The first-order chi connectivity index (χ1) is 8.29. The largest absolute Gasteiger partial charge is 0.382 e. The molecule has 0 atom stereocenters. The molecule has 17 heavy (non-hydrogen) atoms. The molecule has 1 fully saturated rings. The molecule has 1 saturated carbocycles. The zero-order valence-corrected chi connectivity index (χ0v) is 10.9. The average Bonchev–Trinajstić information content (AvgIpc) is 3.07.